The van der Waals surface area contributed by atoms with Crippen LogP contribution in [-0.2, 0) is 6.42 Å². The molecule has 2 aliphatic rings. The molecule has 2 N–H and O–H groups in total. The van der Waals surface area contributed by atoms with Gasteiger partial charge in [0.05, 0.1) is 5.54 Å². The fourth-order valence-corrected chi connectivity index (χ4v) is 3.62. The van der Waals surface area contributed by atoms with Crippen LogP contribution in [0.2, 0.25) is 0 Å². The number of aliphatic imine (C=N–C) groups is 1. The van der Waals surface area contributed by atoms with Gasteiger partial charge in [-0.25, -0.2) is 4.99 Å². The van der Waals surface area contributed by atoms with Crippen LogP contribution in [0.25, 0.3) is 0 Å². The minimum Gasteiger partial charge on any atom is -0.375 e. The molecule has 1 saturated heterocycles. The highest BCUT2D eigenvalue weighted by Crippen LogP contribution is 2.29. The molecule has 0 saturated carbocycles. The van der Waals surface area contributed by atoms with Crippen molar-refractivity contribution in [2.75, 3.05) is 23.3 Å². The lowest BCUT2D eigenvalue weighted by molar-refractivity contribution is 0.578. The van der Waals surface area contributed by atoms with Gasteiger partial charge >= 0.3 is 0 Å². The summed E-state index contributed by atoms with van der Waals surface area (Å²) in [5, 5.41) is 3.64. The van der Waals surface area contributed by atoms with Crippen molar-refractivity contribution in [1.29, 1.82) is 0 Å². The molecule has 0 radical (unpaired) electrons. The standard InChI is InChI=1S/C19H24N4/c1-19(13-15-9-10-20-18(15)21-14-19)22-16-5-7-17(8-6-16)23-11-3-2-4-12-23/h5-10,14,20,22H,2-4,11-13H2,1H3. The lowest BCUT2D eigenvalue weighted by Crippen LogP contribution is -2.40. The number of hydrogen-bond donors (Lipinski definition) is 2. The van der Waals surface area contributed by atoms with Crippen LogP contribution in [0.5, 0.6) is 0 Å². The second kappa shape index (κ2) is 5.76. The van der Waals surface area contributed by atoms with Gasteiger partial charge in [-0.15, -0.1) is 0 Å². The van der Waals surface area contributed by atoms with Gasteiger partial charge in [0, 0.05) is 43.3 Å². The number of benzene rings is 1. The maximum atomic E-state index is 4.54. The molecular formula is C19H24N4. The molecule has 3 heterocycles. The Hall–Kier alpha value is -2.23. The average Bonchev–Trinajstić information content (AvgIpc) is 3.03. The summed E-state index contributed by atoms with van der Waals surface area (Å²) in [4.78, 5) is 10.2. The minimum absolute atomic E-state index is 0.137. The maximum Gasteiger partial charge on any atom is 0.132 e. The molecule has 23 heavy (non-hydrogen) atoms. The van der Waals surface area contributed by atoms with E-state index in [9.17, 15) is 0 Å². The molecular weight excluding hydrogens is 284 g/mol. The van der Waals surface area contributed by atoms with Gasteiger partial charge in [0.2, 0.25) is 0 Å². The number of aromatic nitrogens is 1. The summed E-state index contributed by atoms with van der Waals surface area (Å²) in [5.74, 6) is 0.990. The summed E-state index contributed by atoms with van der Waals surface area (Å²) in [5.41, 5.74) is 3.62. The Balaban J connectivity index is 1.46. The van der Waals surface area contributed by atoms with Gasteiger partial charge in [-0.3, -0.25) is 0 Å². The van der Waals surface area contributed by atoms with Crippen molar-refractivity contribution < 1.29 is 0 Å². The number of fused-ring (bicyclic) bond motifs is 1. The summed E-state index contributed by atoms with van der Waals surface area (Å²) in [6.45, 7) is 4.58. The predicted octanol–water partition coefficient (Wildman–Crippen LogP) is 4.13. The Bertz CT molecular complexity index is 694. The highest BCUT2D eigenvalue weighted by Gasteiger charge is 2.27. The van der Waals surface area contributed by atoms with Crippen molar-refractivity contribution in [3.05, 3.63) is 42.1 Å². The summed E-state index contributed by atoms with van der Waals surface area (Å²) in [7, 11) is 0. The Morgan fingerprint density at radius 3 is 2.65 bits per heavy atom. The number of piperidine rings is 1. The van der Waals surface area contributed by atoms with E-state index in [4.69, 9.17) is 0 Å². The van der Waals surface area contributed by atoms with E-state index in [-0.39, 0.29) is 5.54 Å². The highest BCUT2D eigenvalue weighted by molar-refractivity contribution is 5.80. The molecule has 1 aromatic carbocycles. The van der Waals surface area contributed by atoms with Crippen LogP contribution < -0.4 is 10.2 Å². The van der Waals surface area contributed by atoms with Crippen LogP contribution in [-0.4, -0.2) is 29.8 Å². The number of H-pyrrole nitrogens is 1. The molecule has 4 rings (SSSR count). The van der Waals surface area contributed by atoms with Crippen LogP contribution in [0.4, 0.5) is 17.2 Å². The number of aromatic amines is 1. The zero-order valence-electron chi connectivity index (χ0n) is 13.7. The van der Waals surface area contributed by atoms with E-state index in [1.807, 2.05) is 12.4 Å². The van der Waals surface area contributed by atoms with Gasteiger partial charge in [-0.2, -0.15) is 0 Å². The first kappa shape index (κ1) is 14.4. The van der Waals surface area contributed by atoms with Gasteiger partial charge in [-0.05, 0) is 62.1 Å². The Kier molecular flexibility index (Phi) is 3.60. The van der Waals surface area contributed by atoms with Crippen LogP contribution in [0.15, 0.2) is 41.5 Å². The van der Waals surface area contributed by atoms with Crippen molar-refractivity contribution in [1.82, 2.24) is 4.98 Å². The number of hydrogen-bond acceptors (Lipinski definition) is 3. The second-order valence-corrected chi connectivity index (χ2v) is 6.92. The minimum atomic E-state index is -0.137. The molecule has 0 amide bonds. The van der Waals surface area contributed by atoms with Crippen LogP contribution in [0.3, 0.4) is 0 Å². The van der Waals surface area contributed by atoms with E-state index >= 15 is 0 Å². The topological polar surface area (TPSA) is 43.4 Å². The molecule has 0 spiro atoms. The van der Waals surface area contributed by atoms with E-state index in [2.05, 4.69) is 57.4 Å². The smallest absolute Gasteiger partial charge is 0.132 e. The fraction of sp³-hybridized carbons (Fsp3) is 0.421. The Morgan fingerprint density at radius 1 is 1.09 bits per heavy atom. The van der Waals surface area contributed by atoms with E-state index < -0.39 is 0 Å². The molecule has 1 aromatic heterocycles. The van der Waals surface area contributed by atoms with Gasteiger partial charge in [-0.1, -0.05) is 0 Å². The first-order valence-corrected chi connectivity index (χ1v) is 8.57. The van der Waals surface area contributed by atoms with Crippen molar-refractivity contribution in [2.24, 2.45) is 4.99 Å². The van der Waals surface area contributed by atoms with E-state index in [1.165, 1.54) is 43.6 Å². The highest BCUT2D eigenvalue weighted by atomic mass is 15.1. The largest absolute Gasteiger partial charge is 0.375 e. The van der Waals surface area contributed by atoms with Crippen molar-refractivity contribution >= 4 is 23.4 Å². The summed E-state index contributed by atoms with van der Waals surface area (Å²) < 4.78 is 0. The first-order chi connectivity index (χ1) is 11.2. The number of rotatable bonds is 3. The van der Waals surface area contributed by atoms with E-state index in [1.54, 1.807) is 0 Å². The Labute approximate surface area is 137 Å². The first-order valence-electron chi connectivity index (χ1n) is 8.57. The third-order valence-corrected chi connectivity index (χ3v) is 4.86. The third kappa shape index (κ3) is 2.98. The number of nitrogens with one attached hydrogen (secondary N) is 2. The SMILES string of the molecule is CC1(Nc2ccc(N3CCCCC3)cc2)C=Nc2[nH]ccc2C1. The number of nitrogens with zero attached hydrogens (tertiary/aromatic N) is 2. The van der Waals surface area contributed by atoms with Crippen molar-refractivity contribution in [3.8, 4) is 0 Å². The maximum absolute atomic E-state index is 4.54. The van der Waals surface area contributed by atoms with E-state index in [0.29, 0.717) is 0 Å². The number of anilines is 2. The summed E-state index contributed by atoms with van der Waals surface area (Å²) in [6, 6.07) is 11.0. The lowest BCUT2D eigenvalue weighted by Gasteiger charge is -2.31. The van der Waals surface area contributed by atoms with Crippen LogP contribution >= 0.6 is 0 Å². The zero-order valence-corrected chi connectivity index (χ0v) is 13.7. The molecule has 0 aliphatic carbocycles. The van der Waals surface area contributed by atoms with Gasteiger partial charge in [0.1, 0.15) is 5.82 Å². The molecule has 1 atom stereocenters. The molecule has 120 valence electrons. The summed E-state index contributed by atoms with van der Waals surface area (Å²) in [6.07, 6.45) is 8.92. The van der Waals surface area contributed by atoms with Crippen molar-refractivity contribution in [2.45, 2.75) is 38.1 Å². The monoisotopic (exact) mass is 308 g/mol. The summed E-state index contributed by atoms with van der Waals surface area (Å²) >= 11 is 0. The average molecular weight is 308 g/mol. The van der Waals surface area contributed by atoms with Crippen LogP contribution in [0.1, 0.15) is 31.7 Å². The lowest BCUT2D eigenvalue weighted by atomic mass is 9.92. The molecule has 1 fully saturated rings. The normalized spacial score (nSPS) is 23.6. The van der Waals surface area contributed by atoms with Gasteiger partial charge in [0.15, 0.2) is 0 Å². The third-order valence-electron chi connectivity index (χ3n) is 4.86. The quantitative estimate of drug-likeness (QED) is 0.895. The fourth-order valence-electron chi connectivity index (χ4n) is 3.62. The molecule has 1 unspecified atom stereocenters. The van der Waals surface area contributed by atoms with Gasteiger partial charge < -0.3 is 15.2 Å². The van der Waals surface area contributed by atoms with Gasteiger partial charge in [0.25, 0.3) is 0 Å². The molecule has 2 aliphatic heterocycles. The molecule has 0 bridgehead atoms. The predicted molar refractivity (Wildman–Crippen MR) is 97.2 cm³/mol. The van der Waals surface area contributed by atoms with Crippen molar-refractivity contribution in [3.63, 3.8) is 0 Å². The second-order valence-electron chi connectivity index (χ2n) is 6.92. The zero-order chi connectivity index (χ0) is 15.7. The van der Waals surface area contributed by atoms with Crippen LogP contribution in [0, 0.1) is 0 Å². The molecule has 2 aromatic rings. The Morgan fingerprint density at radius 2 is 1.87 bits per heavy atom. The van der Waals surface area contributed by atoms with E-state index in [0.717, 1.165) is 17.9 Å². The molecule has 4 nitrogen and oxygen atoms in total. The molecule has 4 heteroatoms.